The van der Waals surface area contributed by atoms with Crippen molar-refractivity contribution in [1.29, 1.82) is 0 Å². The summed E-state index contributed by atoms with van der Waals surface area (Å²) in [4.78, 5) is 23.7. The molecule has 0 saturated heterocycles. The summed E-state index contributed by atoms with van der Waals surface area (Å²) < 4.78 is 26.0. The number of rotatable bonds is 7. The van der Waals surface area contributed by atoms with Crippen LogP contribution >= 0.6 is 11.6 Å². The normalized spacial score (nSPS) is 12.3. The number of carbonyl (C=O) groups excluding carboxylic acids is 2. The van der Waals surface area contributed by atoms with Gasteiger partial charge in [0.2, 0.25) is 0 Å². The lowest BCUT2D eigenvalue weighted by Crippen LogP contribution is -2.66. The van der Waals surface area contributed by atoms with Crippen LogP contribution in [0.15, 0.2) is 48.5 Å². The first-order valence-corrected chi connectivity index (χ1v) is 12.0. The molecule has 0 saturated carbocycles. The second-order valence-corrected chi connectivity index (χ2v) is 7.73. The molecule has 0 fully saturated rings. The molecule has 2 amide bonds. The number of alkyl halides is 2. The Bertz CT molecular complexity index is 825. The van der Waals surface area contributed by atoms with Gasteiger partial charge in [-0.15, -0.1) is 0 Å². The predicted molar refractivity (Wildman–Crippen MR) is 139 cm³/mol. The second kappa shape index (κ2) is 18.7. The minimum atomic E-state index is -3.09. The lowest BCUT2D eigenvalue weighted by Gasteiger charge is -2.32. The first kappa shape index (κ1) is 34.6. The molecular formula is C26H40ClF2N3O3. The minimum Gasteiger partial charge on any atom is -0.338 e. The Morgan fingerprint density at radius 3 is 1.89 bits per heavy atom. The molecule has 2 aromatic rings. The average molecular weight is 516 g/mol. The number of amides is 2. The summed E-state index contributed by atoms with van der Waals surface area (Å²) in [6.07, 6.45) is -1.29. The zero-order valence-corrected chi connectivity index (χ0v) is 22.4. The Morgan fingerprint density at radius 1 is 1.03 bits per heavy atom. The first-order valence-electron chi connectivity index (χ1n) is 11.7. The zero-order valence-electron chi connectivity index (χ0n) is 21.7. The van der Waals surface area contributed by atoms with Gasteiger partial charge in [-0.25, -0.2) is 14.3 Å². The van der Waals surface area contributed by atoms with Gasteiger partial charge in [-0.2, -0.15) is 0 Å². The molecule has 198 valence electrons. The topological polar surface area (TPSA) is 104 Å². The van der Waals surface area contributed by atoms with Crippen LogP contribution in [0.3, 0.4) is 0 Å². The smallest absolute Gasteiger partial charge is 0.268 e. The maximum Gasteiger partial charge on any atom is 0.268 e. The van der Waals surface area contributed by atoms with Gasteiger partial charge in [0, 0.05) is 10.6 Å². The first-order chi connectivity index (χ1) is 16.5. The van der Waals surface area contributed by atoms with E-state index >= 15 is 0 Å². The van der Waals surface area contributed by atoms with Crippen LogP contribution in [0.2, 0.25) is 5.02 Å². The summed E-state index contributed by atoms with van der Waals surface area (Å²) in [6, 6.07) is 12.5. The van der Waals surface area contributed by atoms with Gasteiger partial charge in [0.25, 0.3) is 18.2 Å². The number of aryl methyl sites for hydroxylation is 2. The van der Waals surface area contributed by atoms with E-state index < -0.39 is 29.8 Å². The van der Waals surface area contributed by atoms with Gasteiger partial charge < -0.3 is 11.1 Å². The van der Waals surface area contributed by atoms with E-state index in [2.05, 4.69) is 5.32 Å². The van der Waals surface area contributed by atoms with Crippen molar-refractivity contribution >= 4 is 23.4 Å². The third-order valence-electron chi connectivity index (χ3n) is 4.51. The Morgan fingerprint density at radius 2 is 1.51 bits per heavy atom. The molecule has 2 unspecified atom stereocenters. The van der Waals surface area contributed by atoms with E-state index in [1.807, 2.05) is 65.8 Å². The molecule has 2 aromatic carbocycles. The Balaban J connectivity index is 0. The molecular weight excluding hydrogens is 476 g/mol. The van der Waals surface area contributed by atoms with E-state index in [-0.39, 0.29) is 5.56 Å². The highest BCUT2D eigenvalue weighted by molar-refractivity contribution is 6.30. The van der Waals surface area contributed by atoms with E-state index in [4.69, 9.17) is 22.5 Å². The summed E-state index contributed by atoms with van der Waals surface area (Å²) in [5.74, 6) is -1.95. The van der Waals surface area contributed by atoms with E-state index in [0.29, 0.717) is 0 Å². The van der Waals surface area contributed by atoms with Crippen molar-refractivity contribution in [1.82, 2.24) is 10.8 Å². The van der Waals surface area contributed by atoms with Crippen LogP contribution in [0, 0.1) is 6.92 Å². The van der Waals surface area contributed by atoms with Crippen molar-refractivity contribution in [2.45, 2.75) is 79.3 Å². The van der Waals surface area contributed by atoms with Gasteiger partial charge in [-0.1, -0.05) is 82.5 Å². The molecule has 0 aromatic heterocycles. The summed E-state index contributed by atoms with van der Waals surface area (Å²) in [5, 5.41) is 11.6. The Labute approximate surface area is 213 Å². The van der Waals surface area contributed by atoms with Crippen LogP contribution in [0.4, 0.5) is 8.78 Å². The molecule has 2 rings (SSSR count). The molecule has 0 spiro atoms. The number of hydrogen-bond acceptors (Lipinski definition) is 4. The summed E-state index contributed by atoms with van der Waals surface area (Å²) in [5.41, 5.74) is 6.81. The quantitative estimate of drug-likeness (QED) is 0.271. The van der Waals surface area contributed by atoms with Crippen molar-refractivity contribution in [3.05, 3.63) is 70.2 Å². The number of hydrogen-bond donors (Lipinski definition) is 4. The highest BCUT2D eigenvalue weighted by Gasteiger charge is 2.44. The molecule has 6 nitrogen and oxygen atoms in total. The molecule has 0 heterocycles. The lowest BCUT2D eigenvalue weighted by molar-refractivity contribution is -0.134. The lowest BCUT2D eigenvalue weighted by atomic mass is 9.92. The number of benzene rings is 2. The number of nitrogens with one attached hydrogen (secondary N) is 2. The van der Waals surface area contributed by atoms with Crippen molar-refractivity contribution in [2.75, 3.05) is 0 Å². The maximum absolute atomic E-state index is 13.0. The van der Waals surface area contributed by atoms with Gasteiger partial charge in [-0.05, 0) is 50.1 Å². The molecule has 0 aliphatic rings. The van der Waals surface area contributed by atoms with Crippen LogP contribution in [-0.4, -0.2) is 35.0 Å². The standard InChI is InChI=1S/C15H21F2N3O3.C7H7Cl.2C2H6/c1-3-4-9-5-7-10(8-6-9)12(21)19-11(13(22)20-23)15(2,18)14(16)17;1-6-2-4-7(8)5-3-6;2*1-2/h5-8,11,14,23H,3-4,18H2,1-2H3,(H,19,21)(H,20,22);2-5H,1H3;2*1-2H3. The van der Waals surface area contributed by atoms with Crippen molar-refractivity contribution < 1.29 is 23.6 Å². The number of hydroxylamine groups is 1. The van der Waals surface area contributed by atoms with Crippen molar-refractivity contribution in [3.8, 4) is 0 Å². The fraction of sp³-hybridized carbons (Fsp3) is 0.462. The number of halogens is 3. The zero-order chi connectivity index (χ0) is 27.6. The monoisotopic (exact) mass is 515 g/mol. The van der Waals surface area contributed by atoms with E-state index in [1.165, 1.54) is 23.2 Å². The molecule has 0 aliphatic heterocycles. The molecule has 2 atom stereocenters. The fourth-order valence-corrected chi connectivity index (χ4v) is 2.68. The molecule has 9 heteroatoms. The van der Waals surface area contributed by atoms with E-state index in [1.54, 1.807) is 12.1 Å². The van der Waals surface area contributed by atoms with E-state index in [0.717, 1.165) is 30.4 Å². The molecule has 0 aliphatic carbocycles. The maximum atomic E-state index is 13.0. The highest BCUT2D eigenvalue weighted by Crippen LogP contribution is 2.18. The SMILES string of the molecule is CC.CC.CCCc1ccc(C(=O)NC(C(=O)NO)C(C)(N)C(F)F)cc1.Cc1ccc(Cl)cc1. The Hall–Kier alpha value is -2.55. The summed E-state index contributed by atoms with van der Waals surface area (Å²) in [6.45, 7) is 13.0. The van der Waals surface area contributed by atoms with Gasteiger partial charge in [-0.3, -0.25) is 14.8 Å². The van der Waals surface area contributed by atoms with Gasteiger partial charge in [0.1, 0.15) is 11.6 Å². The second-order valence-electron chi connectivity index (χ2n) is 7.29. The summed E-state index contributed by atoms with van der Waals surface area (Å²) in [7, 11) is 0. The number of carbonyl (C=O) groups is 2. The van der Waals surface area contributed by atoms with Crippen LogP contribution in [0.1, 0.15) is 69.4 Å². The van der Waals surface area contributed by atoms with Gasteiger partial charge >= 0.3 is 0 Å². The minimum absolute atomic E-state index is 0.200. The molecule has 35 heavy (non-hydrogen) atoms. The Kier molecular flexibility index (Phi) is 18.5. The average Bonchev–Trinajstić information content (AvgIpc) is 2.87. The van der Waals surface area contributed by atoms with Crippen LogP contribution < -0.4 is 16.5 Å². The molecule has 0 radical (unpaired) electrons. The fourth-order valence-electron chi connectivity index (χ4n) is 2.55. The van der Waals surface area contributed by atoms with Crippen LogP contribution in [-0.2, 0) is 11.2 Å². The van der Waals surface area contributed by atoms with Crippen molar-refractivity contribution in [3.63, 3.8) is 0 Å². The molecule has 5 N–H and O–H groups in total. The van der Waals surface area contributed by atoms with Gasteiger partial charge in [0.05, 0.1) is 0 Å². The van der Waals surface area contributed by atoms with Crippen molar-refractivity contribution in [2.24, 2.45) is 5.73 Å². The third-order valence-corrected chi connectivity index (χ3v) is 4.76. The number of nitrogens with two attached hydrogens (primary N) is 1. The highest BCUT2D eigenvalue weighted by atomic mass is 35.5. The predicted octanol–water partition coefficient (Wildman–Crippen LogP) is 5.93. The largest absolute Gasteiger partial charge is 0.338 e. The molecule has 0 bridgehead atoms. The van der Waals surface area contributed by atoms with Gasteiger partial charge in [0.15, 0.2) is 0 Å². The van der Waals surface area contributed by atoms with Crippen LogP contribution in [0.25, 0.3) is 0 Å². The van der Waals surface area contributed by atoms with Crippen LogP contribution in [0.5, 0.6) is 0 Å². The summed E-state index contributed by atoms with van der Waals surface area (Å²) >= 11 is 5.61. The van der Waals surface area contributed by atoms with E-state index in [9.17, 15) is 18.4 Å². The third kappa shape index (κ3) is 12.6.